The molecule has 2 bridgehead atoms. The van der Waals surface area contributed by atoms with Gasteiger partial charge in [0.1, 0.15) is 0 Å². The molecule has 1 amide bonds. The summed E-state index contributed by atoms with van der Waals surface area (Å²) in [7, 11) is 0. The van der Waals surface area contributed by atoms with Gasteiger partial charge >= 0.3 is 5.97 Å². The van der Waals surface area contributed by atoms with E-state index in [4.69, 9.17) is 14.2 Å². The minimum Gasteiger partial charge on any atom is -0.456 e. The number of hydrogen-bond acceptors (Lipinski definition) is 5. The highest BCUT2D eigenvalue weighted by Gasteiger charge is 2.40. The largest absolute Gasteiger partial charge is 0.456 e. The Bertz CT molecular complexity index is 674. The van der Waals surface area contributed by atoms with Crippen molar-refractivity contribution in [2.75, 3.05) is 13.4 Å². The van der Waals surface area contributed by atoms with Crippen LogP contribution in [0, 0.1) is 17.8 Å². The maximum Gasteiger partial charge on any atom is 0.306 e. The van der Waals surface area contributed by atoms with Crippen LogP contribution in [0.25, 0.3) is 0 Å². The van der Waals surface area contributed by atoms with Crippen molar-refractivity contribution in [3.63, 3.8) is 0 Å². The van der Waals surface area contributed by atoms with Crippen molar-refractivity contribution in [2.24, 2.45) is 17.8 Å². The first kappa shape index (κ1) is 16.2. The van der Waals surface area contributed by atoms with Crippen LogP contribution >= 0.6 is 0 Å². The van der Waals surface area contributed by atoms with E-state index in [1.54, 1.807) is 0 Å². The van der Waals surface area contributed by atoms with Gasteiger partial charge in [-0.15, -0.1) is 0 Å². The molecule has 0 unspecified atom stereocenters. The fourth-order valence-corrected chi connectivity index (χ4v) is 4.35. The van der Waals surface area contributed by atoms with E-state index in [9.17, 15) is 9.59 Å². The van der Waals surface area contributed by atoms with Crippen LogP contribution < -0.4 is 14.8 Å². The molecule has 3 atom stereocenters. The highest BCUT2D eigenvalue weighted by atomic mass is 16.7. The van der Waals surface area contributed by atoms with E-state index in [2.05, 4.69) is 5.32 Å². The maximum absolute atomic E-state index is 11.9. The fourth-order valence-electron chi connectivity index (χ4n) is 4.35. The van der Waals surface area contributed by atoms with Gasteiger partial charge in [-0.05, 0) is 54.7 Å². The van der Waals surface area contributed by atoms with E-state index in [0.717, 1.165) is 17.9 Å². The third-order valence-electron chi connectivity index (χ3n) is 5.60. The second-order valence-corrected chi connectivity index (χ2v) is 7.26. The molecule has 0 aromatic heterocycles. The van der Waals surface area contributed by atoms with E-state index in [-0.39, 0.29) is 25.3 Å². The van der Waals surface area contributed by atoms with Crippen LogP contribution in [-0.4, -0.2) is 25.3 Å². The Balaban J connectivity index is 1.17. The van der Waals surface area contributed by atoms with Gasteiger partial charge in [-0.2, -0.15) is 0 Å². The van der Waals surface area contributed by atoms with Crippen LogP contribution in [0.4, 0.5) is 0 Å². The summed E-state index contributed by atoms with van der Waals surface area (Å²) in [4.78, 5) is 23.8. The molecular formula is C19H23NO5. The third-order valence-corrected chi connectivity index (χ3v) is 5.60. The van der Waals surface area contributed by atoms with Gasteiger partial charge in [0.15, 0.2) is 18.1 Å². The van der Waals surface area contributed by atoms with E-state index in [0.29, 0.717) is 36.3 Å². The fraction of sp³-hybridized carbons (Fsp3) is 0.579. The summed E-state index contributed by atoms with van der Waals surface area (Å²) in [6.45, 7) is 0.368. The second kappa shape index (κ2) is 6.94. The van der Waals surface area contributed by atoms with Gasteiger partial charge in [0.25, 0.3) is 5.91 Å². The summed E-state index contributed by atoms with van der Waals surface area (Å²) in [5.74, 6) is 2.82. The smallest absolute Gasteiger partial charge is 0.306 e. The Morgan fingerprint density at radius 1 is 1.16 bits per heavy atom. The topological polar surface area (TPSA) is 73.9 Å². The molecular weight excluding hydrogens is 322 g/mol. The van der Waals surface area contributed by atoms with Crippen molar-refractivity contribution in [2.45, 2.75) is 38.6 Å². The molecule has 6 nitrogen and oxygen atoms in total. The molecule has 3 aliphatic rings. The summed E-state index contributed by atoms with van der Waals surface area (Å²) in [6, 6.07) is 5.53. The molecule has 134 valence electrons. The molecule has 2 aliphatic carbocycles. The molecule has 1 aromatic rings. The van der Waals surface area contributed by atoms with Crippen LogP contribution in [0.15, 0.2) is 18.2 Å². The number of ether oxygens (including phenoxy) is 3. The van der Waals surface area contributed by atoms with Crippen molar-refractivity contribution in [3.8, 4) is 11.5 Å². The van der Waals surface area contributed by atoms with Crippen molar-refractivity contribution in [3.05, 3.63) is 23.8 Å². The molecule has 1 N–H and O–H groups in total. The summed E-state index contributed by atoms with van der Waals surface area (Å²) < 4.78 is 15.7. The van der Waals surface area contributed by atoms with Gasteiger partial charge in [-0.3, -0.25) is 9.59 Å². The molecule has 1 aromatic carbocycles. The minimum atomic E-state index is -0.293. The van der Waals surface area contributed by atoms with Crippen LogP contribution in [0.5, 0.6) is 11.5 Å². The number of carbonyl (C=O) groups excluding carboxylic acids is 2. The first-order valence-corrected chi connectivity index (χ1v) is 8.98. The average molecular weight is 345 g/mol. The molecule has 2 fully saturated rings. The molecule has 2 saturated carbocycles. The molecule has 1 aliphatic heterocycles. The number of rotatable bonds is 6. The molecule has 1 heterocycles. The predicted molar refractivity (Wildman–Crippen MR) is 88.9 cm³/mol. The van der Waals surface area contributed by atoms with Gasteiger partial charge in [0, 0.05) is 13.0 Å². The molecule has 0 radical (unpaired) electrons. The van der Waals surface area contributed by atoms with Gasteiger partial charge in [-0.25, -0.2) is 0 Å². The van der Waals surface area contributed by atoms with Crippen LogP contribution in [0.2, 0.25) is 0 Å². The van der Waals surface area contributed by atoms with Gasteiger partial charge in [0.2, 0.25) is 6.79 Å². The zero-order chi connectivity index (χ0) is 17.2. The van der Waals surface area contributed by atoms with Crippen molar-refractivity contribution < 1.29 is 23.8 Å². The van der Waals surface area contributed by atoms with E-state index in [1.165, 1.54) is 19.3 Å². The molecule has 0 saturated heterocycles. The Morgan fingerprint density at radius 2 is 2.04 bits per heavy atom. The molecule has 6 heteroatoms. The SMILES string of the molecule is O=C(COC(=O)C[C@H]1C[C@@H]2CC[C@H]1C2)NCc1ccc2c(c1)OCO2. The van der Waals surface area contributed by atoms with Gasteiger partial charge in [-0.1, -0.05) is 12.5 Å². The minimum absolute atomic E-state index is 0.218. The highest BCUT2D eigenvalue weighted by Crippen LogP contribution is 2.49. The van der Waals surface area contributed by atoms with Crippen LogP contribution in [0.3, 0.4) is 0 Å². The average Bonchev–Trinajstić information content (AvgIpc) is 3.33. The lowest BCUT2D eigenvalue weighted by atomic mass is 9.86. The normalized spacial score (nSPS) is 25.8. The number of esters is 1. The lowest BCUT2D eigenvalue weighted by Crippen LogP contribution is -2.29. The number of hydrogen-bond donors (Lipinski definition) is 1. The zero-order valence-electron chi connectivity index (χ0n) is 14.2. The first-order chi connectivity index (χ1) is 12.2. The van der Waals surface area contributed by atoms with Crippen molar-refractivity contribution in [1.29, 1.82) is 0 Å². The van der Waals surface area contributed by atoms with Gasteiger partial charge in [0.05, 0.1) is 0 Å². The Hall–Kier alpha value is -2.24. The summed E-state index contributed by atoms with van der Waals surface area (Å²) in [5.41, 5.74) is 0.908. The standard InChI is InChI=1S/C19H23NO5/c21-18(20-9-13-2-4-16-17(7-13)25-11-24-16)10-23-19(22)8-15-6-12-1-3-14(15)5-12/h2,4,7,12,14-15H,1,3,5-6,8-11H2,(H,20,21)/t12-,14+,15-/m1/s1. The predicted octanol–water partition coefficient (Wildman–Crippen LogP) is 2.40. The summed E-state index contributed by atoms with van der Waals surface area (Å²) in [5, 5.41) is 2.75. The van der Waals surface area contributed by atoms with Crippen molar-refractivity contribution >= 4 is 11.9 Å². The Labute approximate surface area is 146 Å². The summed E-state index contributed by atoms with van der Waals surface area (Å²) >= 11 is 0. The Kier molecular flexibility index (Phi) is 4.51. The number of amides is 1. The zero-order valence-corrected chi connectivity index (χ0v) is 14.2. The lowest BCUT2D eigenvalue weighted by molar-refractivity contribution is -0.149. The monoisotopic (exact) mass is 345 g/mol. The highest BCUT2D eigenvalue weighted by molar-refractivity contribution is 5.80. The third kappa shape index (κ3) is 3.72. The van der Waals surface area contributed by atoms with E-state index >= 15 is 0 Å². The maximum atomic E-state index is 11.9. The second-order valence-electron chi connectivity index (χ2n) is 7.26. The number of benzene rings is 1. The molecule has 0 spiro atoms. The van der Waals surface area contributed by atoms with E-state index < -0.39 is 0 Å². The molecule has 25 heavy (non-hydrogen) atoms. The quantitative estimate of drug-likeness (QED) is 0.802. The van der Waals surface area contributed by atoms with Gasteiger partial charge < -0.3 is 19.5 Å². The summed E-state index contributed by atoms with van der Waals surface area (Å²) in [6.07, 6.45) is 5.44. The lowest BCUT2D eigenvalue weighted by Gasteiger charge is -2.20. The number of carbonyl (C=O) groups is 2. The number of fused-ring (bicyclic) bond motifs is 3. The van der Waals surface area contributed by atoms with E-state index in [1.807, 2.05) is 18.2 Å². The molecule has 4 rings (SSSR count). The first-order valence-electron chi connectivity index (χ1n) is 8.98. The van der Waals surface area contributed by atoms with Crippen molar-refractivity contribution in [1.82, 2.24) is 5.32 Å². The number of nitrogens with one attached hydrogen (secondary N) is 1. The Morgan fingerprint density at radius 3 is 2.84 bits per heavy atom. The van der Waals surface area contributed by atoms with Crippen LogP contribution in [0.1, 0.15) is 37.7 Å². The van der Waals surface area contributed by atoms with Crippen LogP contribution in [-0.2, 0) is 20.9 Å².